The zero-order valence-electron chi connectivity index (χ0n) is 8.58. The molecule has 2 fully saturated rings. The van der Waals surface area contributed by atoms with E-state index in [1.807, 2.05) is 0 Å². The van der Waals surface area contributed by atoms with Crippen LogP contribution >= 0.6 is 0 Å². The summed E-state index contributed by atoms with van der Waals surface area (Å²) in [5.41, 5.74) is 0.511. The van der Waals surface area contributed by atoms with Crippen molar-refractivity contribution in [2.75, 3.05) is 13.2 Å². The second kappa shape index (κ2) is 3.35. The summed E-state index contributed by atoms with van der Waals surface area (Å²) in [6.45, 7) is 1.99. The molecular formula is C12H18O2. The van der Waals surface area contributed by atoms with Crippen LogP contribution in [0.1, 0.15) is 32.1 Å². The van der Waals surface area contributed by atoms with Gasteiger partial charge < -0.3 is 9.47 Å². The van der Waals surface area contributed by atoms with Gasteiger partial charge in [0.15, 0.2) is 0 Å². The first-order chi connectivity index (χ1) is 6.86. The molecule has 2 aliphatic heterocycles. The van der Waals surface area contributed by atoms with Gasteiger partial charge in [-0.1, -0.05) is 12.2 Å². The van der Waals surface area contributed by atoms with Crippen molar-refractivity contribution in [3.63, 3.8) is 0 Å². The Morgan fingerprint density at radius 3 is 2.14 bits per heavy atom. The van der Waals surface area contributed by atoms with Crippen LogP contribution in [0.5, 0.6) is 0 Å². The molecule has 0 saturated carbocycles. The van der Waals surface area contributed by atoms with Crippen LogP contribution in [0.3, 0.4) is 0 Å². The average molecular weight is 194 g/mol. The Balaban J connectivity index is 1.66. The minimum absolute atomic E-state index is 0.511. The number of allylic oxidation sites excluding steroid dienone is 2. The van der Waals surface area contributed by atoms with Crippen molar-refractivity contribution >= 4 is 0 Å². The second-order valence-electron chi connectivity index (χ2n) is 5.03. The number of rotatable bonds is 4. The third-order valence-electron chi connectivity index (χ3n) is 3.68. The van der Waals surface area contributed by atoms with Crippen molar-refractivity contribution in [1.82, 2.24) is 0 Å². The Hall–Kier alpha value is -0.340. The molecule has 2 unspecified atom stereocenters. The monoisotopic (exact) mass is 194 g/mol. The van der Waals surface area contributed by atoms with Gasteiger partial charge in [-0.3, -0.25) is 0 Å². The van der Waals surface area contributed by atoms with Crippen molar-refractivity contribution in [3.05, 3.63) is 12.2 Å². The quantitative estimate of drug-likeness (QED) is 0.506. The van der Waals surface area contributed by atoms with Crippen molar-refractivity contribution in [1.29, 1.82) is 0 Å². The van der Waals surface area contributed by atoms with E-state index < -0.39 is 0 Å². The summed E-state index contributed by atoms with van der Waals surface area (Å²) in [6, 6.07) is 0. The molecule has 0 radical (unpaired) electrons. The highest BCUT2D eigenvalue weighted by Gasteiger charge is 2.41. The molecule has 2 heteroatoms. The highest BCUT2D eigenvalue weighted by atomic mass is 16.6. The van der Waals surface area contributed by atoms with Gasteiger partial charge in [-0.15, -0.1) is 0 Å². The molecule has 2 heterocycles. The van der Waals surface area contributed by atoms with Crippen molar-refractivity contribution in [3.8, 4) is 0 Å². The maximum absolute atomic E-state index is 5.37. The number of hydrogen-bond acceptors (Lipinski definition) is 2. The molecule has 0 aromatic heterocycles. The fourth-order valence-electron chi connectivity index (χ4n) is 2.73. The van der Waals surface area contributed by atoms with E-state index in [0.29, 0.717) is 17.6 Å². The molecule has 2 nitrogen and oxygen atoms in total. The third-order valence-corrected chi connectivity index (χ3v) is 3.68. The van der Waals surface area contributed by atoms with Crippen molar-refractivity contribution in [2.24, 2.45) is 5.41 Å². The standard InChI is InChI=1S/C12H18O2/c1-2-4-12(5-3-1,6-10-8-13-10)7-11-9-14-11/h1-2,10-11H,3-9H2. The Morgan fingerprint density at radius 2 is 1.71 bits per heavy atom. The van der Waals surface area contributed by atoms with Crippen molar-refractivity contribution < 1.29 is 9.47 Å². The van der Waals surface area contributed by atoms with Gasteiger partial charge in [0.25, 0.3) is 0 Å². The van der Waals surface area contributed by atoms with Gasteiger partial charge in [0, 0.05) is 0 Å². The summed E-state index contributed by atoms with van der Waals surface area (Å²) in [5, 5.41) is 0. The summed E-state index contributed by atoms with van der Waals surface area (Å²) in [7, 11) is 0. The van der Waals surface area contributed by atoms with Gasteiger partial charge in [0.05, 0.1) is 25.4 Å². The summed E-state index contributed by atoms with van der Waals surface area (Å²) < 4.78 is 10.7. The zero-order valence-corrected chi connectivity index (χ0v) is 8.58. The predicted octanol–water partition coefficient (Wildman–Crippen LogP) is 2.29. The van der Waals surface area contributed by atoms with Crippen LogP contribution < -0.4 is 0 Å². The lowest BCUT2D eigenvalue weighted by Gasteiger charge is -2.34. The van der Waals surface area contributed by atoms with E-state index in [4.69, 9.17) is 9.47 Å². The van der Waals surface area contributed by atoms with E-state index in [2.05, 4.69) is 12.2 Å². The minimum Gasteiger partial charge on any atom is -0.373 e. The molecule has 0 aromatic rings. The normalized spacial score (nSPS) is 45.1. The topological polar surface area (TPSA) is 25.1 Å². The molecule has 14 heavy (non-hydrogen) atoms. The first-order valence-electron chi connectivity index (χ1n) is 5.75. The van der Waals surface area contributed by atoms with Crippen LogP contribution in [-0.2, 0) is 9.47 Å². The van der Waals surface area contributed by atoms with Gasteiger partial charge in [-0.25, -0.2) is 0 Å². The molecule has 1 aliphatic carbocycles. The van der Waals surface area contributed by atoms with E-state index in [1.54, 1.807) is 0 Å². The Morgan fingerprint density at radius 1 is 1.07 bits per heavy atom. The zero-order chi connectivity index (χ0) is 9.43. The average Bonchev–Trinajstić information content (AvgIpc) is 3.03. The number of epoxide rings is 2. The SMILES string of the molecule is C1=CCC(CC2CO2)(CC2CO2)CC1. The number of ether oxygens (including phenoxy) is 2. The van der Waals surface area contributed by atoms with Gasteiger partial charge >= 0.3 is 0 Å². The summed E-state index contributed by atoms with van der Waals surface area (Å²) in [6.07, 6.45) is 12.2. The Bertz CT molecular complexity index is 225. The molecule has 0 N–H and O–H groups in total. The molecule has 0 bridgehead atoms. The first kappa shape index (κ1) is 8.93. The van der Waals surface area contributed by atoms with Crippen molar-refractivity contribution in [2.45, 2.75) is 44.3 Å². The van der Waals surface area contributed by atoms with Crippen LogP contribution in [0, 0.1) is 5.41 Å². The smallest absolute Gasteiger partial charge is 0.0815 e. The van der Waals surface area contributed by atoms with E-state index in [0.717, 1.165) is 13.2 Å². The lowest BCUT2D eigenvalue weighted by molar-refractivity contribution is 0.169. The minimum atomic E-state index is 0.511. The Labute approximate surface area is 85.3 Å². The van der Waals surface area contributed by atoms with Crippen LogP contribution in [-0.4, -0.2) is 25.4 Å². The Kier molecular flexibility index (Phi) is 2.14. The third kappa shape index (κ3) is 2.01. The van der Waals surface area contributed by atoms with Crippen LogP contribution in [0.25, 0.3) is 0 Å². The molecule has 2 atom stereocenters. The lowest BCUT2D eigenvalue weighted by Crippen LogP contribution is -2.26. The molecule has 0 spiro atoms. The largest absolute Gasteiger partial charge is 0.373 e. The van der Waals surface area contributed by atoms with E-state index in [1.165, 1.54) is 32.1 Å². The summed E-state index contributed by atoms with van der Waals surface area (Å²) in [4.78, 5) is 0. The van der Waals surface area contributed by atoms with E-state index in [9.17, 15) is 0 Å². The lowest BCUT2D eigenvalue weighted by atomic mass is 9.70. The fourth-order valence-corrected chi connectivity index (χ4v) is 2.73. The highest BCUT2D eigenvalue weighted by molar-refractivity contribution is 5.01. The molecule has 3 rings (SSSR count). The molecule has 78 valence electrons. The van der Waals surface area contributed by atoms with Gasteiger partial charge in [0.1, 0.15) is 0 Å². The maximum Gasteiger partial charge on any atom is 0.0815 e. The maximum atomic E-state index is 5.37. The summed E-state index contributed by atoms with van der Waals surface area (Å²) in [5.74, 6) is 0. The first-order valence-corrected chi connectivity index (χ1v) is 5.75. The van der Waals surface area contributed by atoms with E-state index in [-0.39, 0.29) is 0 Å². The molecular weight excluding hydrogens is 176 g/mol. The van der Waals surface area contributed by atoms with Gasteiger partial charge in [-0.2, -0.15) is 0 Å². The molecule has 0 amide bonds. The van der Waals surface area contributed by atoms with Crippen LogP contribution in [0.2, 0.25) is 0 Å². The molecule has 2 saturated heterocycles. The second-order valence-corrected chi connectivity index (χ2v) is 5.03. The summed E-state index contributed by atoms with van der Waals surface area (Å²) >= 11 is 0. The fraction of sp³-hybridized carbons (Fsp3) is 0.833. The number of hydrogen-bond donors (Lipinski definition) is 0. The van der Waals surface area contributed by atoms with Gasteiger partial charge in [0.2, 0.25) is 0 Å². The molecule has 3 aliphatic rings. The predicted molar refractivity (Wildman–Crippen MR) is 54.1 cm³/mol. The molecule has 0 aromatic carbocycles. The highest BCUT2D eigenvalue weighted by Crippen LogP contribution is 2.45. The van der Waals surface area contributed by atoms with Gasteiger partial charge in [-0.05, 0) is 37.5 Å². The van der Waals surface area contributed by atoms with Crippen LogP contribution in [0.4, 0.5) is 0 Å². The van der Waals surface area contributed by atoms with E-state index >= 15 is 0 Å². The van der Waals surface area contributed by atoms with Crippen LogP contribution in [0.15, 0.2) is 12.2 Å².